The van der Waals surface area contributed by atoms with Crippen LogP contribution in [0.15, 0.2) is 35.7 Å². The molecule has 3 nitrogen and oxygen atoms in total. The second-order valence-corrected chi connectivity index (χ2v) is 6.14. The van der Waals surface area contributed by atoms with Gasteiger partial charge < -0.3 is 10.2 Å². The maximum Gasteiger partial charge on any atom is 0.0898 e. The summed E-state index contributed by atoms with van der Waals surface area (Å²) < 4.78 is 0. The maximum absolute atomic E-state index is 4.52. The summed E-state index contributed by atoms with van der Waals surface area (Å²) in [7, 11) is 2.14. The smallest absolute Gasteiger partial charge is 0.0898 e. The molecule has 0 aliphatic heterocycles. The Morgan fingerprint density at radius 3 is 2.70 bits per heavy atom. The Bertz CT molecular complexity index is 509. The highest BCUT2D eigenvalue weighted by Crippen LogP contribution is 2.15. The number of thiazole rings is 1. The second kappa shape index (κ2) is 7.41. The topological polar surface area (TPSA) is 28.2 Å². The molecule has 0 fully saturated rings. The van der Waals surface area contributed by atoms with Crippen LogP contribution in [-0.2, 0) is 0 Å². The molecule has 108 valence electrons. The molecule has 1 N–H and O–H groups in total. The number of hydrogen-bond donors (Lipinski definition) is 1. The molecule has 1 atom stereocenters. The van der Waals surface area contributed by atoms with Gasteiger partial charge in [0.15, 0.2) is 0 Å². The van der Waals surface area contributed by atoms with E-state index in [-0.39, 0.29) is 0 Å². The van der Waals surface area contributed by atoms with Gasteiger partial charge in [0, 0.05) is 30.7 Å². The highest BCUT2D eigenvalue weighted by molar-refractivity contribution is 7.09. The van der Waals surface area contributed by atoms with Crippen LogP contribution in [-0.4, -0.2) is 25.1 Å². The fourth-order valence-electron chi connectivity index (χ4n) is 2.13. The van der Waals surface area contributed by atoms with E-state index in [0.717, 1.165) is 30.2 Å². The zero-order chi connectivity index (χ0) is 14.4. The number of aryl methyl sites for hydroxylation is 1. The molecule has 4 heteroatoms. The Labute approximate surface area is 125 Å². The first-order chi connectivity index (χ1) is 9.66. The Kier molecular flexibility index (Phi) is 5.56. The van der Waals surface area contributed by atoms with Crippen molar-refractivity contribution in [1.82, 2.24) is 10.3 Å². The number of hydrogen-bond acceptors (Lipinski definition) is 4. The molecule has 0 radical (unpaired) electrons. The minimum atomic E-state index is 0.335. The Morgan fingerprint density at radius 1 is 1.30 bits per heavy atom. The van der Waals surface area contributed by atoms with Crippen molar-refractivity contribution in [1.29, 1.82) is 0 Å². The molecule has 2 aromatic rings. The number of benzene rings is 1. The lowest BCUT2D eigenvalue weighted by atomic mass is 10.2. The highest BCUT2D eigenvalue weighted by Gasteiger charge is 2.07. The number of anilines is 1. The van der Waals surface area contributed by atoms with Crippen molar-refractivity contribution in [2.75, 3.05) is 25.0 Å². The van der Waals surface area contributed by atoms with Crippen molar-refractivity contribution in [2.24, 2.45) is 0 Å². The third-order valence-electron chi connectivity index (χ3n) is 3.40. The molecule has 0 aliphatic carbocycles. The zero-order valence-corrected chi connectivity index (χ0v) is 13.3. The van der Waals surface area contributed by atoms with Crippen LogP contribution in [0.4, 0.5) is 5.69 Å². The minimum Gasteiger partial charge on any atom is -0.375 e. The van der Waals surface area contributed by atoms with E-state index >= 15 is 0 Å². The maximum atomic E-state index is 4.52. The predicted octanol–water partition coefficient (Wildman–Crippen LogP) is 3.63. The van der Waals surface area contributed by atoms with E-state index in [1.165, 1.54) is 5.69 Å². The van der Waals surface area contributed by atoms with Gasteiger partial charge in [-0.15, -0.1) is 11.3 Å². The molecule has 1 unspecified atom stereocenters. The quantitative estimate of drug-likeness (QED) is 0.789. The summed E-state index contributed by atoms with van der Waals surface area (Å²) in [6.07, 6.45) is 1.12. The molecule has 0 saturated heterocycles. The predicted molar refractivity (Wildman–Crippen MR) is 87.6 cm³/mol. The van der Waals surface area contributed by atoms with Crippen molar-refractivity contribution in [3.63, 3.8) is 0 Å². The van der Waals surface area contributed by atoms with Gasteiger partial charge in [-0.2, -0.15) is 0 Å². The Morgan fingerprint density at radius 2 is 2.05 bits per heavy atom. The fraction of sp³-hybridized carbons (Fsp3) is 0.438. The molecule has 20 heavy (non-hydrogen) atoms. The summed E-state index contributed by atoms with van der Waals surface area (Å²) in [6, 6.07) is 10.8. The van der Waals surface area contributed by atoms with Gasteiger partial charge >= 0.3 is 0 Å². The highest BCUT2D eigenvalue weighted by atomic mass is 32.1. The number of nitrogens with zero attached hydrogens (tertiary/aromatic N) is 2. The lowest BCUT2D eigenvalue weighted by molar-refractivity contribution is 0.549. The van der Waals surface area contributed by atoms with Crippen molar-refractivity contribution >= 4 is 17.0 Å². The lowest BCUT2D eigenvalue weighted by Crippen LogP contribution is -2.25. The molecule has 0 spiro atoms. The van der Waals surface area contributed by atoms with Gasteiger partial charge in [-0.05, 0) is 38.9 Å². The average Bonchev–Trinajstić information content (AvgIpc) is 2.91. The molecule has 0 amide bonds. The fourth-order valence-corrected chi connectivity index (χ4v) is 2.84. The molecular weight excluding hydrogens is 266 g/mol. The van der Waals surface area contributed by atoms with E-state index in [4.69, 9.17) is 0 Å². The van der Waals surface area contributed by atoms with Crippen molar-refractivity contribution in [3.05, 3.63) is 46.4 Å². The van der Waals surface area contributed by atoms with Gasteiger partial charge in [0.2, 0.25) is 0 Å². The third kappa shape index (κ3) is 4.32. The summed E-state index contributed by atoms with van der Waals surface area (Å²) in [5.41, 5.74) is 2.43. The van der Waals surface area contributed by atoms with Gasteiger partial charge in [-0.25, -0.2) is 4.98 Å². The van der Waals surface area contributed by atoms with Crippen LogP contribution in [0, 0.1) is 6.92 Å². The molecule has 1 aromatic carbocycles. The minimum absolute atomic E-state index is 0.335. The summed E-state index contributed by atoms with van der Waals surface area (Å²) in [4.78, 5) is 6.81. The SMILES string of the molecule is Cc1nc(C(C)NCCCN(C)c2ccccc2)cs1. The molecule has 0 saturated carbocycles. The normalized spacial score (nSPS) is 12.3. The van der Waals surface area contributed by atoms with Crippen LogP contribution in [0.5, 0.6) is 0 Å². The van der Waals surface area contributed by atoms with Gasteiger partial charge in [0.1, 0.15) is 0 Å². The largest absolute Gasteiger partial charge is 0.375 e. The first kappa shape index (κ1) is 15.0. The first-order valence-corrected chi connectivity index (χ1v) is 7.96. The lowest BCUT2D eigenvalue weighted by Gasteiger charge is -2.20. The zero-order valence-electron chi connectivity index (χ0n) is 12.5. The molecular formula is C16H23N3S. The van der Waals surface area contributed by atoms with Crippen LogP contribution < -0.4 is 10.2 Å². The third-order valence-corrected chi connectivity index (χ3v) is 4.19. The van der Waals surface area contributed by atoms with Gasteiger partial charge in [-0.1, -0.05) is 18.2 Å². The molecule has 0 aliphatic rings. The van der Waals surface area contributed by atoms with Crippen LogP contribution in [0.2, 0.25) is 0 Å². The Hall–Kier alpha value is -1.39. The van der Waals surface area contributed by atoms with Crippen molar-refractivity contribution < 1.29 is 0 Å². The van der Waals surface area contributed by atoms with Crippen molar-refractivity contribution in [2.45, 2.75) is 26.3 Å². The van der Waals surface area contributed by atoms with E-state index in [9.17, 15) is 0 Å². The first-order valence-electron chi connectivity index (χ1n) is 7.08. The average molecular weight is 289 g/mol. The van der Waals surface area contributed by atoms with E-state index in [1.807, 2.05) is 0 Å². The summed E-state index contributed by atoms with van der Waals surface area (Å²) in [5.74, 6) is 0. The summed E-state index contributed by atoms with van der Waals surface area (Å²) in [5, 5.41) is 6.82. The Balaban J connectivity index is 1.69. The number of para-hydroxylation sites is 1. The summed E-state index contributed by atoms with van der Waals surface area (Å²) in [6.45, 7) is 6.29. The van der Waals surface area contributed by atoms with E-state index in [1.54, 1.807) is 11.3 Å². The van der Waals surface area contributed by atoms with E-state index in [2.05, 4.69) is 71.8 Å². The van der Waals surface area contributed by atoms with E-state index < -0.39 is 0 Å². The number of nitrogens with one attached hydrogen (secondary N) is 1. The number of aromatic nitrogens is 1. The second-order valence-electron chi connectivity index (χ2n) is 5.08. The van der Waals surface area contributed by atoms with E-state index in [0.29, 0.717) is 6.04 Å². The van der Waals surface area contributed by atoms with Gasteiger partial charge in [-0.3, -0.25) is 0 Å². The van der Waals surface area contributed by atoms with Crippen LogP contribution in [0.3, 0.4) is 0 Å². The molecule has 2 rings (SSSR count). The molecule has 1 aromatic heterocycles. The van der Waals surface area contributed by atoms with Gasteiger partial charge in [0.25, 0.3) is 0 Å². The molecule has 0 bridgehead atoms. The van der Waals surface area contributed by atoms with Gasteiger partial charge in [0.05, 0.1) is 10.7 Å². The summed E-state index contributed by atoms with van der Waals surface area (Å²) >= 11 is 1.71. The standard InChI is InChI=1S/C16H23N3S/c1-13(16-12-20-14(2)18-16)17-10-7-11-19(3)15-8-5-4-6-9-15/h4-6,8-9,12-13,17H,7,10-11H2,1-3H3. The van der Waals surface area contributed by atoms with Crippen molar-refractivity contribution in [3.8, 4) is 0 Å². The van der Waals surface area contributed by atoms with Crippen LogP contribution >= 0.6 is 11.3 Å². The molecule has 1 heterocycles. The monoisotopic (exact) mass is 289 g/mol. The van der Waals surface area contributed by atoms with Crippen LogP contribution in [0.25, 0.3) is 0 Å². The van der Waals surface area contributed by atoms with Crippen LogP contribution in [0.1, 0.15) is 30.1 Å². The number of rotatable bonds is 7.